The molecule has 0 unspecified atom stereocenters. The van der Waals surface area contributed by atoms with Crippen LogP contribution in [0.5, 0.6) is 11.5 Å². The molecule has 0 aliphatic carbocycles. The van der Waals surface area contributed by atoms with Crippen LogP contribution in [0.4, 0.5) is 14.5 Å². The molecule has 1 saturated heterocycles. The van der Waals surface area contributed by atoms with Crippen molar-refractivity contribution in [3.63, 3.8) is 0 Å². The van der Waals surface area contributed by atoms with E-state index in [-0.39, 0.29) is 37.2 Å². The number of halogens is 2. The first-order valence-corrected chi connectivity index (χ1v) is 11.5. The first-order valence-electron chi connectivity index (χ1n) is 11.5. The van der Waals surface area contributed by atoms with E-state index in [2.05, 4.69) is 10.5 Å². The summed E-state index contributed by atoms with van der Waals surface area (Å²) in [5.41, 5.74) is 4.51. The number of rotatable bonds is 9. The van der Waals surface area contributed by atoms with Gasteiger partial charge in [0, 0.05) is 18.7 Å². The van der Waals surface area contributed by atoms with Crippen molar-refractivity contribution in [1.82, 2.24) is 5.43 Å². The van der Waals surface area contributed by atoms with Gasteiger partial charge in [0.05, 0.1) is 18.7 Å². The van der Waals surface area contributed by atoms with E-state index < -0.39 is 11.7 Å². The van der Waals surface area contributed by atoms with Gasteiger partial charge in [-0.1, -0.05) is 12.1 Å². The molecule has 0 spiro atoms. The minimum Gasteiger partial charge on any atom is -0.490 e. The van der Waals surface area contributed by atoms with Gasteiger partial charge in [-0.3, -0.25) is 9.59 Å². The normalized spacial score (nSPS) is 15.4. The lowest BCUT2D eigenvalue weighted by Gasteiger charge is -2.16. The van der Waals surface area contributed by atoms with Gasteiger partial charge in [-0.15, -0.1) is 0 Å². The molecular weight excluding hydrogens is 468 g/mol. The number of nitrogens with zero attached hydrogens (tertiary/aromatic N) is 2. The summed E-state index contributed by atoms with van der Waals surface area (Å²) in [7, 11) is 0. The summed E-state index contributed by atoms with van der Waals surface area (Å²) < 4.78 is 37.7. The highest BCUT2D eigenvalue weighted by molar-refractivity contribution is 6.00. The smallest absolute Gasteiger partial charge is 0.245 e. The second-order valence-corrected chi connectivity index (χ2v) is 8.17. The van der Waals surface area contributed by atoms with E-state index in [1.54, 1.807) is 30.3 Å². The third kappa shape index (κ3) is 6.24. The van der Waals surface area contributed by atoms with Crippen LogP contribution in [0.1, 0.15) is 24.5 Å². The first kappa shape index (κ1) is 24.8. The van der Waals surface area contributed by atoms with Crippen LogP contribution in [-0.2, 0) is 16.2 Å². The number of amides is 2. The second-order valence-electron chi connectivity index (χ2n) is 8.17. The molecule has 1 fully saturated rings. The predicted molar refractivity (Wildman–Crippen MR) is 131 cm³/mol. The first-order chi connectivity index (χ1) is 17.4. The monoisotopic (exact) mass is 493 g/mol. The minimum atomic E-state index is -0.569. The molecule has 0 saturated carbocycles. The number of anilines is 1. The van der Waals surface area contributed by atoms with Gasteiger partial charge in [0.15, 0.2) is 11.5 Å². The van der Waals surface area contributed by atoms with Crippen LogP contribution < -0.4 is 19.8 Å². The van der Waals surface area contributed by atoms with Crippen molar-refractivity contribution in [2.24, 2.45) is 11.0 Å². The Balaban J connectivity index is 1.35. The summed E-state index contributed by atoms with van der Waals surface area (Å²) in [6, 6.07) is 16.8. The summed E-state index contributed by atoms with van der Waals surface area (Å²) >= 11 is 0. The fraction of sp³-hybridized carbons (Fsp3) is 0.222. The summed E-state index contributed by atoms with van der Waals surface area (Å²) in [5.74, 6) is -0.833. The Hall–Kier alpha value is -4.27. The van der Waals surface area contributed by atoms with Crippen LogP contribution in [0, 0.1) is 17.6 Å². The molecule has 1 aliphatic heterocycles. The largest absolute Gasteiger partial charge is 0.490 e. The van der Waals surface area contributed by atoms with Crippen LogP contribution in [0.3, 0.4) is 0 Å². The van der Waals surface area contributed by atoms with Gasteiger partial charge in [0.25, 0.3) is 0 Å². The Bertz CT molecular complexity index is 1250. The van der Waals surface area contributed by atoms with Gasteiger partial charge in [-0.25, -0.2) is 14.2 Å². The number of carbonyl (C=O) groups excluding carboxylic acids is 2. The van der Waals surface area contributed by atoms with Gasteiger partial charge in [-0.05, 0) is 72.6 Å². The molecule has 1 heterocycles. The number of hydrazone groups is 1. The van der Waals surface area contributed by atoms with Crippen LogP contribution in [0.25, 0.3) is 0 Å². The highest BCUT2D eigenvalue weighted by atomic mass is 19.1. The predicted octanol–water partition coefficient (Wildman–Crippen LogP) is 4.45. The van der Waals surface area contributed by atoms with E-state index in [1.807, 2.05) is 6.92 Å². The van der Waals surface area contributed by atoms with Crippen LogP contribution >= 0.6 is 0 Å². The van der Waals surface area contributed by atoms with E-state index >= 15 is 0 Å². The molecule has 0 radical (unpaired) electrons. The molecule has 1 atom stereocenters. The highest BCUT2D eigenvalue weighted by Crippen LogP contribution is 2.29. The number of hydrogen-bond donors (Lipinski definition) is 1. The van der Waals surface area contributed by atoms with Crippen molar-refractivity contribution in [1.29, 1.82) is 0 Å². The average Bonchev–Trinajstić information content (AvgIpc) is 3.27. The Morgan fingerprint density at radius 1 is 1.03 bits per heavy atom. The third-order valence-corrected chi connectivity index (χ3v) is 5.60. The van der Waals surface area contributed by atoms with Gasteiger partial charge in [-0.2, -0.15) is 5.10 Å². The van der Waals surface area contributed by atoms with Crippen LogP contribution in [0.2, 0.25) is 0 Å². The van der Waals surface area contributed by atoms with Gasteiger partial charge < -0.3 is 14.4 Å². The van der Waals surface area contributed by atoms with Crippen molar-refractivity contribution in [2.45, 2.75) is 20.0 Å². The Kier molecular flexibility index (Phi) is 7.89. The quantitative estimate of drug-likeness (QED) is 0.353. The number of ether oxygens (including phenoxy) is 2. The van der Waals surface area contributed by atoms with Gasteiger partial charge in [0.2, 0.25) is 11.8 Å². The van der Waals surface area contributed by atoms with E-state index in [0.29, 0.717) is 29.4 Å². The molecule has 1 N–H and O–H groups in total. The molecule has 2 amide bonds. The number of nitrogens with one attached hydrogen (secondary N) is 1. The van der Waals surface area contributed by atoms with Crippen molar-refractivity contribution < 1.29 is 27.8 Å². The topological polar surface area (TPSA) is 80.2 Å². The Morgan fingerprint density at radius 2 is 1.72 bits per heavy atom. The lowest BCUT2D eigenvalue weighted by Crippen LogP contribution is -2.30. The summed E-state index contributed by atoms with van der Waals surface area (Å²) in [4.78, 5) is 26.3. The maximum absolute atomic E-state index is 13.2. The molecular formula is C27H25F2N3O4. The van der Waals surface area contributed by atoms with Crippen molar-refractivity contribution in [2.75, 3.05) is 18.1 Å². The van der Waals surface area contributed by atoms with E-state index in [9.17, 15) is 18.4 Å². The van der Waals surface area contributed by atoms with E-state index in [4.69, 9.17) is 9.47 Å². The lowest BCUT2D eigenvalue weighted by molar-refractivity contribution is -0.126. The molecule has 3 aromatic carbocycles. The second kappa shape index (κ2) is 11.4. The summed E-state index contributed by atoms with van der Waals surface area (Å²) in [6.45, 7) is 2.71. The van der Waals surface area contributed by atoms with Gasteiger partial charge in [0.1, 0.15) is 18.2 Å². The zero-order valence-corrected chi connectivity index (χ0v) is 19.6. The Labute approximate surface area is 207 Å². The van der Waals surface area contributed by atoms with Gasteiger partial charge >= 0.3 is 0 Å². The zero-order valence-electron chi connectivity index (χ0n) is 19.6. The fourth-order valence-corrected chi connectivity index (χ4v) is 3.75. The molecule has 4 rings (SSSR count). The fourth-order valence-electron chi connectivity index (χ4n) is 3.75. The Morgan fingerprint density at radius 3 is 2.42 bits per heavy atom. The number of hydrogen-bond acceptors (Lipinski definition) is 5. The summed E-state index contributed by atoms with van der Waals surface area (Å²) in [5, 5.41) is 4.02. The van der Waals surface area contributed by atoms with Crippen molar-refractivity contribution in [3.05, 3.63) is 89.5 Å². The molecule has 186 valence electrons. The van der Waals surface area contributed by atoms with Crippen molar-refractivity contribution in [3.8, 4) is 11.5 Å². The molecule has 0 aromatic heterocycles. The SMILES string of the molecule is CCOc1cc(/C=N\NC(=O)[C@H]2CC(=O)N(c3ccc(F)cc3)C2)ccc1OCc1ccc(F)cc1. The molecule has 0 bridgehead atoms. The van der Waals surface area contributed by atoms with Crippen LogP contribution in [-0.4, -0.2) is 31.2 Å². The average molecular weight is 494 g/mol. The molecule has 9 heteroatoms. The molecule has 3 aromatic rings. The minimum absolute atomic E-state index is 0.0489. The number of benzene rings is 3. The standard InChI is InChI=1S/C27H25F2N3O4/c1-2-35-25-13-19(5-12-24(25)36-17-18-3-6-21(28)7-4-18)15-30-31-27(34)20-14-26(33)32(16-20)23-10-8-22(29)9-11-23/h3-13,15,20H,2,14,16-17H2,1H3,(H,31,34)/b30-15-/t20-/m0/s1. The zero-order chi connectivity index (χ0) is 25.5. The molecule has 1 aliphatic rings. The van der Waals surface area contributed by atoms with E-state index in [1.165, 1.54) is 47.5 Å². The molecule has 7 nitrogen and oxygen atoms in total. The van der Waals surface area contributed by atoms with E-state index in [0.717, 1.165) is 5.56 Å². The van der Waals surface area contributed by atoms with Crippen LogP contribution in [0.15, 0.2) is 71.8 Å². The van der Waals surface area contributed by atoms with Crippen molar-refractivity contribution >= 4 is 23.7 Å². The molecule has 36 heavy (non-hydrogen) atoms. The highest BCUT2D eigenvalue weighted by Gasteiger charge is 2.35. The maximum Gasteiger partial charge on any atom is 0.245 e. The lowest BCUT2D eigenvalue weighted by atomic mass is 10.1. The number of carbonyl (C=O) groups is 2. The summed E-state index contributed by atoms with van der Waals surface area (Å²) in [6.07, 6.45) is 1.52. The maximum atomic E-state index is 13.2. The third-order valence-electron chi connectivity index (χ3n) is 5.60.